The molecular weight excluding hydrogens is 385 g/mol. The summed E-state index contributed by atoms with van der Waals surface area (Å²) in [4.78, 5) is 34.9. The van der Waals surface area contributed by atoms with Crippen LogP contribution in [0.25, 0.3) is 0 Å². The number of hydrogen-bond donors (Lipinski definition) is 3. The Morgan fingerprint density at radius 2 is 1.72 bits per heavy atom. The first-order valence-corrected chi connectivity index (χ1v) is 9.24. The van der Waals surface area contributed by atoms with Crippen molar-refractivity contribution in [3.8, 4) is 5.75 Å². The summed E-state index contributed by atoms with van der Waals surface area (Å²) in [7, 11) is 0. The highest BCUT2D eigenvalue weighted by molar-refractivity contribution is 5.81. The van der Waals surface area contributed by atoms with Crippen LogP contribution < -0.4 is 10.1 Å². The minimum absolute atomic E-state index is 0.0693. The average Bonchev–Trinajstić information content (AvgIpc) is 2.60. The van der Waals surface area contributed by atoms with Crippen molar-refractivity contribution in [2.24, 2.45) is 5.92 Å². The monoisotopic (exact) mass is 413 g/mol. The van der Waals surface area contributed by atoms with Crippen LogP contribution in [0, 0.1) is 5.92 Å². The molecule has 9 heteroatoms. The molecule has 0 fully saturated rings. The zero-order valence-electron chi connectivity index (χ0n) is 16.8. The fourth-order valence-corrected chi connectivity index (χ4v) is 2.48. The van der Waals surface area contributed by atoms with E-state index in [1.165, 1.54) is 0 Å². The number of halogens is 1. The fraction of sp³-hybridized carbons (Fsp3) is 0.550. The quantitative estimate of drug-likeness (QED) is 0.477. The number of carbonyl (C=O) groups excluding carboxylic acids is 1. The molecule has 2 atom stereocenters. The number of carbonyl (C=O) groups is 3. The molecule has 0 spiro atoms. The molecule has 0 radical (unpaired) electrons. The van der Waals surface area contributed by atoms with Gasteiger partial charge in [-0.15, -0.1) is 0 Å². The van der Waals surface area contributed by atoms with Gasteiger partial charge in [0.2, 0.25) is 0 Å². The minimum Gasteiger partial charge on any atom is -0.494 e. The van der Waals surface area contributed by atoms with Gasteiger partial charge in [0.1, 0.15) is 17.4 Å². The summed E-state index contributed by atoms with van der Waals surface area (Å²) in [5.41, 5.74) is -0.149. The molecule has 1 amide bonds. The summed E-state index contributed by atoms with van der Waals surface area (Å²) >= 11 is 0. The second kappa shape index (κ2) is 11.2. The van der Waals surface area contributed by atoms with Gasteiger partial charge in [-0.3, -0.25) is 9.18 Å². The van der Waals surface area contributed by atoms with Gasteiger partial charge >= 0.3 is 18.0 Å². The summed E-state index contributed by atoms with van der Waals surface area (Å²) in [5.74, 6) is -3.03. The molecule has 0 aliphatic heterocycles. The van der Waals surface area contributed by atoms with Crippen molar-refractivity contribution in [3.63, 3.8) is 0 Å². The van der Waals surface area contributed by atoms with Crippen LogP contribution in [0.2, 0.25) is 0 Å². The Kier molecular flexibility index (Phi) is 9.37. The molecule has 29 heavy (non-hydrogen) atoms. The van der Waals surface area contributed by atoms with Crippen LogP contribution >= 0.6 is 0 Å². The Hall–Kier alpha value is -2.84. The van der Waals surface area contributed by atoms with Gasteiger partial charge in [-0.05, 0) is 51.3 Å². The Morgan fingerprint density at radius 1 is 1.10 bits per heavy atom. The second-order valence-corrected chi connectivity index (χ2v) is 7.55. The van der Waals surface area contributed by atoms with E-state index >= 15 is 0 Å². The highest BCUT2D eigenvalue weighted by Crippen LogP contribution is 2.19. The van der Waals surface area contributed by atoms with E-state index in [9.17, 15) is 29.0 Å². The van der Waals surface area contributed by atoms with E-state index in [0.29, 0.717) is 11.3 Å². The van der Waals surface area contributed by atoms with Crippen LogP contribution in [-0.4, -0.2) is 53.2 Å². The topological polar surface area (TPSA) is 122 Å². The second-order valence-electron chi connectivity index (χ2n) is 7.55. The van der Waals surface area contributed by atoms with E-state index in [-0.39, 0.29) is 25.9 Å². The third-order valence-electron chi connectivity index (χ3n) is 3.81. The predicted molar refractivity (Wildman–Crippen MR) is 103 cm³/mol. The van der Waals surface area contributed by atoms with Crippen molar-refractivity contribution in [3.05, 3.63) is 29.8 Å². The summed E-state index contributed by atoms with van der Waals surface area (Å²) in [6.07, 6.45) is -0.883. The van der Waals surface area contributed by atoms with Crippen molar-refractivity contribution >= 4 is 18.0 Å². The summed E-state index contributed by atoms with van der Waals surface area (Å²) in [6.45, 7) is 4.67. The SMILES string of the molecule is CC(C)(C)OC(=O)N[C@H](C[C@H](Cc1ccc(OCCCF)cc1)C(=O)O)C(=O)O. The molecule has 0 aliphatic rings. The maximum atomic E-state index is 12.1. The molecule has 0 saturated carbocycles. The lowest BCUT2D eigenvalue weighted by Crippen LogP contribution is -2.45. The predicted octanol–water partition coefficient (Wildman–Crippen LogP) is 3.04. The van der Waals surface area contributed by atoms with Gasteiger partial charge in [0, 0.05) is 6.42 Å². The fourth-order valence-electron chi connectivity index (χ4n) is 2.48. The van der Waals surface area contributed by atoms with Crippen LogP contribution in [0.3, 0.4) is 0 Å². The molecule has 1 aromatic carbocycles. The number of hydrogen-bond acceptors (Lipinski definition) is 5. The average molecular weight is 413 g/mol. The van der Waals surface area contributed by atoms with Crippen LogP contribution in [-0.2, 0) is 20.7 Å². The Bertz CT molecular complexity index is 685. The maximum Gasteiger partial charge on any atom is 0.408 e. The normalized spacial score (nSPS) is 13.2. The Balaban J connectivity index is 2.76. The zero-order valence-corrected chi connectivity index (χ0v) is 16.8. The lowest BCUT2D eigenvalue weighted by atomic mass is 9.92. The van der Waals surface area contributed by atoms with Crippen LogP contribution in [0.5, 0.6) is 5.75 Å². The molecule has 3 N–H and O–H groups in total. The first-order chi connectivity index (χ1) is 13.5. The molecule has 1 aromatic rings. The maximum absolute atomic E-state index is 12.1. The smallest absolute Gasteiger partial charge is 0.408 e. The highest BCUT2D eigenvalue weighted by Gasteiger charge is 2.30. The molecule has 0 aliphatic carbocycles. The van der Waals surface area contributed by atoms with Crippen LogP contribution in [0.1, 0.15) is 39.2 Å². The minimum atomic E-state index is -1.41. The van der Waals surface area contributed by atoms with Crippen molar-refractivity contribution in [2.75, 3.05) is 13.3 Å². The van der Waals surface area contributed by atoms with Gasteiger partial charge < -0.3 is 25.0 Å². The number of alkyl carbamates (subject to hydrolysis) is 1. The molecule has 0 saturated heterocycles. The first-order valence-electron chi connectivity index (χ1n) is 9.24. The van der Waals surface area contributed by atoms with Gasteiger partial charge in [0.05, 0.1) is 19.2 Å². The number of carboxylic acid groups (broad SMARTS) is 2. The molecule has 0 bridgehead atoms. The summed E-state index contributed by atoms with van der Waals surface area (Å²) < 4.78 is 22.5. The van der Waals surface area contributed by atoms with Gasteiger partial charge in [-0.2, -0.15) is 0 Å². The number of rotatable bonds is 11. The van der Waals surface area contributed by atoms with Gasteiger partial charge in [0.25, 0.3) is 0 Å². The van der Waals surface area contributed by atoms with Gasteiger partial charge in [0.15, 0.2) is 0 Å². The lowest BCUT2D eigenvalue weighted by molar-refractivity contribution is -0.144. The lowest BCUT2D eigenvalue weighted by Gasteiger charge is -2.23. The van der Waals surface area contributed by atoms with E-state index in [1.807, 2.05) is 0 Å². The number of carboxylic acids is 2. The first kappa shape index (κ1) is 24.2. The zero-order chi connectivity index (χ0) is 22.0. The number of alkyl halides is 1. The van der Waals surface area contributed by atoms with Gasteiger partial charge in [-0.1, -0.05) is 12.1 Å². The highest BCUT2D eigenvalue weighted by atomic mass is 19.1. The molecule has 8 nitrogen and oxygen atoms in total. The van der Waals surface area contributed by atoms with Gasteiger partial charge in [-0.25, -0.2) is 9.59 Å². The van der Waals surface area contributed by atoms with E-state index in [4.69, 9.17) is 9.47 Å². The molecule has 0 aromatic heterocycles. The molecule has 0 heterocycles. The Morgan fingerprint density at radius 3 is 2.21 bits per heavy atom. The number of ether oxygens (including phenoxy) is 2. The van der Waals surface area contributed by atoms with E-state index in [0.717, 1.165) is 0 Å². The summed E-state index contributed by atoms with van der Waals surface area (Å²) in [5, 5.41) is 21.0. The third kappa shape index (κ3) is 9.77. The van der Waals surface area contributed by atoms with Crippen molar-refractivity contribution < 1.29 is 38.5 Å². The third-order valence-corrected chi connectivity index (χ3v) is 3.81. The molecule has 162 valence electrons. The van der Waals surface area contributed by atoms with Crippen molar-refractivity contribution in [1.82, 2.24) is 5.32 Å². The van der Waals surface area contributed by atoms with E-state index < -0.39 is 42.3 Å². The standard InChI is InChI=1S/C20H28FNO7/c1-20(2,3)29-19(27)22-16(18(25)26)12-14(17(23)24)11-13-5-7-15(8-6-13)28-10-4-9-21/h5-8,14,16H,4,9-12H2,1-3H3,(H,22,27)(H,23,24)(H,25,26)/t14-,16+/m0/s1. The number of nitrogens with one attached hydrogen (secondary N) is 1. The number of aliphatic carboxylic acids is 2. The largest absolute Gasteiger partial charge is 0.494 e. The van der Waals surface area contributed by atoms with Crippen molar-refractivity contribution in [1.29, 1.82) is 0 Å². The van der Waals surface area contributed by atoms with Crippen molar-refractivity contribution in [2.45, 2.75) is 51.7 Å². The van der Waals surface area contributed by atoms with Crippen LogP contribution in [0.15, 0.2) is 24.3 Å². The van der Waals surface area contributed by atoms with E-state index in [1.54, 1.807) is 45.0 Å². The van der Waals surface area contributed by atoms with Crippen LogP contribution in [0.4, 0.5) is 9.18 Å². The number of amides is 1. The molecular formula is C20H28FNO7. The molecule has 0 unspecified atom stereocenters. The van der Waals surface area contributed by atoms with E-state index in [2.05, 4.69) is 5.32 Å². The summed E-state index contributed by atoms with van der Waals surface area (Å²) in [6, 6.07) is 5.20. The number of benzene rings is 1. The Labute approximate surface area is 169 Å². The molecule has 1 rings (SSSR count).